The molecule has 0 unspecified atom stereocenters. The fourth-order valence-corrected chi connectivity index (χ4v) is 1.93. The SMILES string of the molecule is CCCNCc1coc(Oc2cc(Br)ccc2C)n1. The van der Waals surface area contributed by atoms with Crippen molar-refractivity contribution in [1.29, 1.82) is 0 Å². The lowest BCUT2D eigenvalue weighted by Gasteiger charge is -2.04. The summed E-state index contributed by atoms with van der Waals surface area (Å²) in [5.74, 6) is 0.740. The summed E-state index contributed by atoms with van der Waals surface area (Å²) >= 11 is 3.42. The topological polar surface area (TPSA) is 47.3 Å². The molecule has 0 saturated carbocycles. The predicted molar refractivity (Wildman–Crippen MR) is 77.5 cm³/mol. The van der Waals surface area contributed by atoms with Crippen molar-refractivity contribution >= 4 is 15.9 Å². The zero-order chi connectivity index (χ0) is 13.7. The molecule has 0 saturated heterocycles. The predicted octanol–water partition coefficient (Wildman–Crippen LogP) is 4.04. The van der Waals surface area contributed by atoms with E-state index in [0.717, 1.165) is 34.4 Å². The van der Waals surface area contributed by atoms with Gasteiger partial charge in [0.1, 0.15) is 12.0 Å². The Kier molecular flexibility index (Phi) is 4.99. The van der Waals surface area contributed by atoms with Crippen LogP contribution in [-0.4, -0.2) is 11.5 Å². The Morgan fingerprint density at radius 3 is 3.05 bits per heavy atom. The number of benzene rings is 1. The molecule has 0 bridgehead atoms. The summed E-state index contributed by atoms with van der Waals surface area (Å²) < 4.78 is 11.9. The Bertz CT molecular complexity index is 540. The molecule has 1 N–H and O–H groups in total. The molecule has 4 nitrogen and oxygen atoms in total. The van der Waals surface area contributed by atoms with Crippen molar-refractivity contribution in [2.75, 3.05) is 6.54 Å². The molecule has 0 aliphatic carbocycles. The van der Waals surface area contributed by atoms with Gasteiger partial charge in [-0.15, -0.1) is 0 Å². The molecule has 5 heteroatoms. The van der Waals surface area contributed by atoms with Gasteiger partial charge in [0.25, 0.3) is 0 Å². The summed E-state index contributed by atoms with van der Waals surface area (Å²) in [6, 6.07) is 5.85. The second-order valence-electron chi connectivity index (χ2n) is 4.29. The first-order valence-corrected chi connectivity index (χ1v) is 7.07. The summed E-state index contributed by atoms with van der Waals surface area (Å²) in [4.78, 5) is 4.28. The maximum Gasteiger partial charge on any atom is 0.399 e. The van der Waals surface area contributed by atoms with Gasteiger partial charge in [-0.1, -0.05) is 28.9 Å². The van der Waals surface area contributed by atoms with Crippen molar-refractivity contribution in [2.45, 2.75) is 26.8 Å². The van der Waals surface area contributed by atoms with Crippen LogP contribution in [0.15, 0.2) is 33.4 Å². The quantitative estimate of drug-likeness (QED) is 0.815. The Morgan fingerprint density at radius 2 is 2.26 bits per heavy atom. The third-order valence-corrected chi connectivity index (χ3v) is 3.10. The van der Waals surface area contributed by atoms with Crippen molar-refractivity contribution < 1.29 is 9.15 Å². The molecule has 0 atom stereocenters. The lowest BCUT2D eigenvalue weighted by Crippen LogP contribution is -2.13. The Hall–Kier alpha value is -1.33. The highest BCUT2D eigenvalue weighted by atomic mass is 79.9. The Labute approximate surface area is 121 Å². The molecule has 19 heavy (non-hydrogen) atoms. The number of aryl methyl sites for hydroxylation is 1. The van der Waals surface area contributed by atoms with Crippen LogP contribution in [0.1, 0.15) is 24.6 Å². The highest BCUT2D eigenvalue weighted by molar-refractivity contribution is 9.10. The van der Waals surface area contributed by atoms with E-state index in [1.807, 2.05) is 25.1 Å². The third kappa shape index (κ3) is 4.08. The highest BCUT2D eigenvalue weighted by Crippen LogP contribution is 2.27. The average Bonchev–Trinajstić information content (AvgIpc) is 2.82. The van der Waals surface area contributed by atoms with Gasteiger partial charge in [-0.3, -0.25) is 0 Å². The van der Waals surface area contributed by atoms with E-state index < -0.39 is 0 Å². The van der Waals surface area contributed by atoms with E-state index in [4.69, 9.17) is 9.15 Å². The van der Waals surface area contributed by atoms with Crippen LogP contribution >= 0.6 is 15.9 Å². The lowest BCUT2D eigenvalue weighted by molar-refractivity contribution is 0.329. The van der Waals surface area contributed by atoms with Gasteiger partial charge in [0.15, 0.2) is 0 Å². The van der Waals surface area contributed by atoms with Gasteiger partial charge in [-0.2, -0.15) is 4.98 Å². The number of ether oxygens (including phenoxy) is 1. The second kappa shape index (κ2) is 6.73. The number of nitrogens with zero attached hydrogens (tertiary/aromatic N) is 1. The zero-order valence-electron chi connectivity index (χ0n) is 11.1. The van der Waals surface area contributed by atoms with Crippen LogP contribution in [0.2, 0.25) is 0 Å². The molecular formula is C14H17BrN2O2. The minimum absolute atomic E-state index is 0.273. The summed E-state index contributed by atoms with van der Waals surface area (Å²) in [5.41, 5.74) is 1.88. The molecule has 102 valence electrons. The number of rotatable bonds is 6. The number of halogens is 1. The average molecular weight is 325 g/mol. The van der Waals surface area contributed by atoms with Crippen molar-refractivity contribution in [3.05, 3.63) is 40.2 Å². The fourth-order valence-electron chi connectivity index (χ4n) is 1.59. The molecule has 2 aromatic rings. The Balaban J connectivity index is 2.01. The minimum Gasteiger partial charge on any atom is -0.417 e. The second-order valence-corrected chi connectivity index (χ2v) is 5.21. The van der Waals surface area contributed by atoms with Crippen LogP contribution in [0.25, 0.3) is 0 Å². The number of oxazole rings is 1. The van der Waals surface area contributed by atoms with Crippen LogP contribution in [0.4, 0.5) is 0 Å². The molecule has 0 fully saturated rings. The molecule has 1 heterocycles. The minimum atomic E-state index is 0.273. The smallest absolute Gasteiger partial charge is 0.399 e. The summed E-state index contributed by atoms with van der Waals surface area (Å²) in [5, 5.41) is 3.26. The fraction of sp³-hybridized carbons (Fsp3) is 0.357. The van der Waals surface area contributed by atoms with E-state index in [0.29, 0.717) is 6.54 Å². The lowest BCUT2D eigenvalue weighted by atomic mass is 10.2. The molecule has 1 aromatic carbocycles. The molecule has 0 radical (unpaired) electrons. The van der Waals surface area contributed by atoms with Crippen LogP contribution < -0.4 is 10.1 Å². The number of aromatic nitrogens is 1. The monoisotopic (exact) mass is 324 g/mol. The van der Waals surface area contributed by atoms with Crippen LogP contribution in [0.5, 0.6) is 11.8 Å². The number of hydrogen-bond donors (Lipinski definition) is 1. The van der Waals surface area contributed by atoms with E-state index >= 15 is 0 Å². The Morgan fingerprint density at radius 1 is 1.42 bits per heavy atom. The molecule has 0 amide bonds. The maximum absolute atomic E-state index is 5.64. The molecule has 2 rings (SSSR count). The van der Waals surface area contributed by atoms with Gasteiger partial charge in [0, 0.05) is 11.0 Å². The normalized spacial score (nSPS) is 10.7. The number of nitrogens with one attached hydrogen (secondary N) is 1. The molecule has 0 aliphatic rings. The third-order valence-electron chi connectivity index (χ3n) is 2.61. The van der Waals surface area contributed by atoms with E-state index in [9.17, 15) is 0 Å². The van der Waals surface area contributed by atoms with Gasteiger partial charge in [-0.25, -0.2) is 0 Å². The first-order chi connectivity index (χ1) is 9.19. The zero-order valence-corrected chi connectivity index (χ0v) is 12.7. The summed E-state index contributed by atoms with van der Waals surface area (Å²) in [7, 11) is 0. The van der Waals surface area contributed by atoms with Gasteiger partial charge < -0.3 is 14.5 Å². The van der Waals surface area contributed by atoms with Gasteiger partial charge in [0.2, 0.25) is 0 Å². The van der Waals surface area contributed by atoms with Crippen molar-refractivity contribution in [1.82, 2.24) is 10.3 Å². The van der Waals surface area contributed by atoms with Gasteiger partial charge >= 0.3 is 6.08 Å². The van der Waals surface area contributed by atoms with E-state index in [-0.39, 0.29) is 6.08 Å². The summed E-state index contributed by atoms with van der Waals surface area (Å²) in [6.07, 6.45) is 2.98. The van der Waals surface area contributed by atoms with Crippen molar-refractivity contribution in [3.8, 4) is 11.8 Å². The van der Waals surface area contributed by atoms with Crippen LogP contribution in [0, 0.1) is 6.92 Å². The van der Waals surface area contributed by atoms with E-state index in [2.05, 4.69) is 33.2 Å². The molecular weight excluding hydrogens is 308 g/mol. The van der Waals surface area contributed by atoms with Crippen LogP contribution in [0.3, 0.4) is 0 Å². The summed E-state index contributed by atoms with van der Waals surface area (Å²) in [6.45, 7) is 5.76. The molecule has 0 aliphatic heterocycles. The van der Waals surface area contributed by atoms with Gasteiger partial charge in [-0.05, 0) is 37.6 Å². The van der Waals surface area contributed by atoms with Crippen molar-refractivity contribution in [2.24, 2.45) is 0 Å². The standard InChI is InChI=1S/C14H17BrN2O2/c1-3-6-16-8-12-9-18-14(17-12)19-13-7-11(15)5-4-10(13)2/h4-5,7,9,16H,3,6,8H2,1-2H3. The first-order valence-electron chi connectivity index (χ1n) is 6.28. The van der Waals surface area contributed by atoms with Crippen LogP contribution in [-0.2, 0) is 6.54 Å². The first kappa shape index (κ1) is 14.1. The largest absolute Gasteiger partial charge is 0.417 e. The van der Waals surface area contributed by atoms with E-state index in [1.54, 1.807) is 6.26 Å². The highest BCUT2D eigenvalue weighted by Gasteiger charge is 2.08. The molecule has 1 aromatic heterocycles. The maximum atomic E-state index is 5.64. The molecule has 0 spiro atoms. The van der Waals surface area contributed by atoms with Crippen molar-refractivity contribution in [3.63, 3.8) is 0 Å². The van der Waals surface area contributed by atoms with E-state index in [1.165, 1.54) is 0 Å². The number of hydrogen-bond acceptors (Lipinski definition) is 4. The van der Waals surface area contributed by atoms with Gasteiger partial charge in [0.05, 0.1) is 5.69 Å².